The second-order valence-electron chi connectivity index (χ2n) is 3.92. The van der Waals surface area contributed by atoms with Gasteiger partial charge in [-0.1, -0.05) is 25.2 Å². The highest BCUT2D eigenvalue weighted by molar-refractivity contribution is 7.15. The molecule has 0 radical (unpaired) electrons. The number of nitrogens with zero attached hydrogens (tertiary/aromatic N) is 3. The van der Waals surface area contributed by atoms with E-state index in [1.165, 1.54) is 4.88 Å². The van der Waals surface area contributed by atoms with Crippen LogP contribution in [0, 0.1) is 5.92 Å². The highest BCUT2D eigenvalue weighted by Gasteiger charge is 2.05. The van der Waals surface area contributed by atoms with Gasteiger partial charge in [0.2, 0.25) is 5.13 Å². The Kier molecular flexibility index (Phi) is 3.84. The Bertz CT molecular complexity index is 422. The summed E-state index contributed by atoms with van der Waals surface area (Å²) in [4.78, 5) is 5.23. The maximum atomic E-state index is 4.15. The summed E-state index contributed by atoms with van der Waals surface area (Å²) in [6, 6.07) is 0. The zero-order chi connectivity index (χ0) is 11.4. The first-order valence-corrected chi connectivity index (χ1v) is 6.87. The molecule has 0 aliphatic heterocycles. The van der Waals surface area contributed by atoms with E-state index in [4.69, 9.17) is 0 Å². The van der Waals surface area contributed by atoms with Crippen LogP contribution in [0.5, 0.6) is 0 Å². The van der Waals surface area contributed by atoms with Crippen molar-refractivity contribution in [2.45, 2.75) is 26.8 Å². The lowest BCUT2D eigenvalue weighted by molar-refractivity contribution is 0.640. The van der Waals surface area contributed by atoms with E-state index in [1.54, 1.807) is 22.7 Å². The fourth-order valence-electron chi connectivity index (χ4n) is 1.25. The van der Waals surface area contributed by atoms with Crippen molar-refractivity contribution in [2.75, 3.05) is 5.32 Å². The third-order valence-electron chi connectivity index (χ3n) is 1.95. The summed E-state index contributed by atoms with van der Waals surface area (Å²) in [6.07, 6.45) is 2.87. The van der Waals surface area contributed by atoms with Crippen LogP contribution in [-0.2, 0) is 13.0 Å². The summed E-state index contributed by atoms with van der Waals surface area (Å²) in [6.45, 7) is 5.15. The van der Waals surface area contributed by atoms with E-state index in [2.05, 4.69) is 34.3 Å². The number of hydrogen-bond donors (Lipinski definition) is 1. The Labute approximate surface area is 103 Å². The minimum atomic E-state index is 0.627. The lowest BCUT2D eigenvalue weighted by Gasteiger charge is -1.98. The maximum absolute atomic E-state index is 4.15. The van der Waals surface area contributed by atoms with Crippen LogP contribution in [0.1, 0.15) is 23.7 Å². The molecule has 0 saturated carbocycles. The molecule has 2 heterocycles. The molecule has 2 rings (SSSR count). The molecule has 0 unspecified atom stereocenters. The van der Waals surface area contributed by atoms with Crippen molar-refractivity contribution in [1.29, 1.82) is 0 Å². The van der Waals surface area contributed by atoms with Gasteiger partial charge in [-0.2, -0.15) is 0 Å². The second kappa shape index (κ2) is 5.36. The zero-order valence-electron chi connectivity index (χ0n) is 9.30. The molecule has 0 fully saturated rings. The highest BCUT2D eigenvalue weighted by Crippen LogP contribution is 2.19. The van der Waals surface area contributed by atoms with Gasteiger partial charge >= 0.3 is 0 Å². The van der Waals surface area contributed by atoms with E-state index < -0.39 is 0 Å². The van der Waals surface area contributed by atoms with Crippen LogP contribution in [-0.4, -0.2) is 15.2 Å². The molecule has 0 aromatic carbocycles. The van der Waals surface area contributed by atoms with Crippen LogP contribution >= 0.6 is 22.7 Å². The minimum Gasteiger partial charge on any atom is -0.355 e. The SMILES string of the molecule is CC(C)Cc1nnc(NCc2cncs2)s1. The largest absolute Gasteiger partial charge is 0.355 e. The quantitative estimate of drug-likeness (QED) is 0.891. The van der Waals surface area contributed by atoms with Crippen molar-refractivity contribution in [2.24, 2.45) is 5.92 Å². The molecule has 0 saturated heterocycles. The molecule has 4 nitrogen and oxygen atoms in total. The van der Waals surface area contributed by atoms with Gasteiger partial charge in [0.25, 0.3) is 0 Å². The summed E-state index contributed by atoms with van der Waals surface area (Å²) in [5.41, 5.74) is 1.83. The highest BCUT2D eigenvalue weighted by atomic mass is 32.1. The Balaban J connectivity index is 1.88. The monoisotopic (exact) mass is 254 g/mol. The fourth-order valence-corrected chi connectivity index (χ4v) is 2.73. The van der Waals surface area contributed by atoms with Gasteiger partial charge in [0.05, 0.1) is 12.1 Å². The summed E-state index contributed by atoms with van der Waals surface area (Å²) in [5, 5.41) is 13.5. The Morgan fingerprint density at radius 1 is 1.38 bits per heavy atom. The smallest absolute Gasteiger partial charge is 0.205 e. The standard InChI is InChI=1S/C10H14N4S2/c1-7(2)3-9-13-14-10(16-9)12-5-8-4-11-6-15-8/h4,6-7H,3,5H2,1-2H3,(H,12,14). The topological polar surface area (TPSA) is 50.7 Å². The van der Waals surface area contributed by atoms with Crippen molar-refractivity contribution in [3.8, 4) is 0 Å². The number of hydrogen-bond acceptors (Lipinski definition) is 6. The Morgan fingerprint density at radius 3 is 2.94 bits per heavy atom. The normalized spacial score (nSPS) is 10.9. The average molecular weight is 254 g/mol. The van der Waals surface area contributed by atoms with Crippen LogP contribution in [0.3, 0.4) is 0 Å². The maximum Gasteiger partial charge on any atom is 0.205 e. The summed E-state index contributed by atoms with van der Waals surface area (Å²) in [7, 11) is 0. The van der Waals surface area contributed by atoms with Gasteiger partial charge in [-0.25, -0.2) is 0 Å². The molecule has 2 aromatic heterocycles. The molecule has 0 aliphatic carbocycles. The van der Waals surface area contributed by atoms with Crippen molar-refractivity contribution in [3.63, 3.8) is 0 Å². The molecule has 0 amide bonds. The van der Waals surface area contributed by atoms with Gasteiger partial charge in [-0.3, -0.25) is 4.98 Å². The van der Waals surface area contributed by atoms with Gasteiger partial charge in [0, 0.05) is 17.5 Å². The molecule has 0 atom stereocenters. The number of rotatable bonds is 5. The lowest BCUT2D eigenvalue weighted by atomic mass is 10.1. The first kappa shape index (κ1) is 11.5. The van der Waals surface area contributed by atoms with Crippen LogP contribution < -0.4 is 5.32 Å². The molecular formula is C10H14N4S2. The van der Waals surface area contributed by atoms with E-state index in [9.17, 15) is 0 Å². The summed E-state index contributed by atoms with van der Waals surface area (Å²) >= 11 is 3.28. The van der Waals surface area contributed by atoms with Gasteiger partial charge in [-0.15, -0.1) is 21.5 Å². The molecule has 86 valence electrons. The number of aromatic nitrogens is 3. The average Bonchev–Trinajstić information content (AvgIpc) is 2.84. The molecule has 1 N–H and O–H groups in total. The van der Waals surface area contributed by atoms with E-state index in [1.807, 2.05) is 11.7 Å². The fraction of sp³-hybridized carbons (Fsp3) is 0.500. The predicted molar refractivity (Wildman–Crippen MR) is 67.9 cm³/mol. The zero-order valence-corrected chi connectivity index (χ0v) is 10.9. The van der Waals surface area contributed by atoms with Crippen LogP contribution in [0.4, 0.5) is 5.13 Å². The van der Waals surface area contributed by atoms with Gasteiger partial charge in [0.1, 0.15) is 5.01 Å². The first-order valence-electron chi connectivity index (χ1n) is 5.17. The number of anilines is 1. The van der Waals surface area contributed by atoms with Gasteiger partial charge < -0.3 is 5.32 Å². The molecule has 0 spiro atoms. The number of thiazole rings is 1. The molecular weight excluding hydrogens is 240 g/mol. The predicted octanol–water partition coefficient (Wildman–Crippen LogP) is 2.81. The Morgan fingerprint density at radius 2 is 2.25 bits per heavy atom. The molecule has 6 heteroatoms. The third kappa shape index (κ3) is 3.24. The molecule has 16 heavy (non-hydrogen) atoms. The summed E-state index contributed by atoms with van der Waals surface area (Å²) < 4.78 is 0. The van der Waals surface area contributed by atoms with E-state index in [-0.39, 0.29) is 0 Å². The van der Waals surface area contributed by atoms with E-state index in [0.717, 1.165) is 23.1 Å². The molecule has 0 aliphatic rings. The van der Waals surface area contributed by atoms with Crippen molar-refractivity contribution in [1.82, 2.24) is 15.2 Å². The first-order chi connectivity index (χ1) is 7.74. The van der Waals surface area contributed by atoms with Gasteiger partial charge in [-0.05, 0) is 5.92 Å². The van der Waals surface area contributed by atoms with E-state index >= 15 is 0 Å². The minimum absolute atomic E-state index is 0.627. The summed E-state index contributed by atoms with van der Waals surface area (Å²) in [5.74, 6) is 0.627. The molecule has 0 bridgehead atoms. The van der Waals surface area contributed by atoms with Crippen LogP contribution in [0.25, 0.3) is 0 Å². The lowest BCUT2D eigenvalue weighted by Crippen LogP contribution is -1.96. The third-order valence-corrected chi connectivity index (χ3v) is 3.63. The second-order valence-corrected chi connectivity index (χ2v) is 5.95. The van der Waals surface area contributed by atoms with Crippen molar-refractivity contribution < 1.29 is 0 Å². The molecule has 2 aromatic rings. The van der Waals surface area contributed by atoms with Crippen LogP contribution in [0.15, 0.2) is 11.7 Å². The van der Waals surface area contributed by atoms with Crippen molar-refractivity contribution in [3.05, 3.63) is 21.6 Å². The Hall–Kier alpha value is -1.01. The van der Waals surface area contributed by atoms with E-state index in [0.29, 0.717) is 5.92 Å². The van der Waals surface area contributed by atoms with Crippen molar-refractivity contribution >= 4 is 27.8 Å². The number of nitrogens with one attached hydrogen (secondary N) is 1. The van der Waals surface area contributed by atoms with Crippen LogP contribution in [0.2, 0.25) is 0 Å². The van der Waals surface area contributed by atoms with Gasteiger partial charge in [0.15, 0.2) is 0 Å².